The molecular weight excluding hydrogens is 505 g/mol. The summed E-state index contributed by atoms with van der Waals surface area (Å²) in [6, 6.07) is 16.1. The summed E-state index contributed by atoms with van der Waals surface area (Å²) >= 11 is 0. The summed E-state index contributed by atoms with van der Waals surface area (Å²) in [5.74, 6) is 0.213. The molecule has 0 radical (unpaired) electrons. The van der Waals surface area contributed by atoms with E-state index in [4.69, 9.17) is 16.3 Å². The summed E-state index contributed by atoms with van der Waals surface area (Å²) in [6.45, 7) is 15.4. The van der Waals surface area contributed by atoms with Crippen molar-refractivity contribution >= 4 is 11.3 Å². The second kappa shape index (κ2) is 9.91. The van der Waals surface area contributed by atoms with Crippen molar-refractivity contribution in [3.63, 3.8) is 0 Å². The fraction of sp³-hybridized carbons (Fsp3) is 0.241. The van der Waals surface area contributed by atoms with Crippen LogP contribution in [0.2, 0.25) is 0 Å². The highest BCUT2D eigenvalue weighted by molar-refractivity contribution is 5.87. The predicted molar refractivity (Wildman–Crippen MR) is 141 cm³/mol. The van der Waals surface area contributed by atoms with E-state index in [0.717, 1.165) is 22.8 Å². The Balaban J connectivity index is 1.50. The molecular formula is C29H25F3N6O. The van der Waals surface area contributed by atoms with Crippen molar-refractivity contribution in [1.82, 2.24) is 24.1 Å². The minimum atomic E-state index is -4.51. The molecule has 0 bridgehead atoms. The maximum absolute atomic E-state index is 13.1. The van der Waals surface area contributed by atoms with E-state index < -0.39 is 18.0 Å². The molecule has 0 N–H and O–H groups in total. The Morgan fingerprint density at radius 2 is 1.74 bits per heavy atom. The van der Waals surface area contributed by atoms with Crippen LogP contribution in [0.4, 0.5) is 18.9 Å². The van der Waals surface area contributed by atoms with Gasteiger partial charge in [-0.15, -0.1) is 0 Å². The number of fused-ring (bicyclic) bond motifs is 1. The van der Waals surface area contributed by atoms with Crippen molar-refractivity contribution in [3.05, 3.63) is 101 Å². The molecule has 0 aliphatic carbocycles. The van der Waals surface area contributed by atoms with Crippen molar-refractivity contribution in [1.29, 1.82) is 0 Å². The molecule has 7 nitrogen and oxygen atoms in total. The molecule has 1 atom stereocenters. The van der Waals surface area contributed by atoms with Gasteiger partial charge in [0.2, 0.25) is 0 Å². The topological polar surface area (TPSA) is 61.6 Å². The SMILES string of the molecule is [C-]#[N+]c1c(-c2ccccc2C(C)C)nc(OC(C)c2ccc(-n3nc(C(F)(F)F)cc3C)cc2)n2ccnc12. The first-order valence-corrected chi connectivity index (χ1v) is 12.3. The fourth-order valence-corrected chi connectivity index (χ4v) is 4.52. The second-order valence-corrected chi connectivity index (χ2v) is 9.50. The molecule has 5 rings (SSSR count). The van der Waals surface area contributed by atoms with Crippen LogP contribution in [-0.4, -0.2) is 24.1 Å². The van der Waals surface area contributed by atoms with Gasteiger partial charge in [0.1, 0.15) is 11.8 Å². The molecule has 0 saturated heterocycles. The molecule has 3 aromatic heterocycles. The van der Waals surface area contributed by atoms with Crippen LogP contribution in [0.25, 0.3) is 27.4 Å². The molecule has 0 aliphatic heterocycles. The van der Waals surface area contributed by atoms with Crippen molar-refractivity contribution < 1.29 is 17.9 Å². The van der Waals surface area contributed by atoms with Crippen molar-refractivity contribution in [3.8, 4) is 23.0 Å². The standard InChI is InChI=1S/C29H25F3N6O/c1-17(2)22-8-6-7-9-23(22)25-26(33-5)27-34-14-15-37(27)28(35-25)39-19(4)20-10-12-21(13-11-20)38-18(3)16-24(36-38)29(30,31)32/h6-17,19H,1-4H3. The Labute approximate surface area is 223 Å². The monoisotopic (exact) mass is 530 g/mol. The van der Waals surface area contributed by atoms with Gasteiger partial charge in [-0.1, -0.05) is 50.2 Å². The minimum Gasteiger partial charge on any atom is -0.457 e. The number of benzene rings is 2. The molecule has 0 aliphatic rings. The second-order valence-electron chi connectivity index (χ2n) is 9.50. The van der Waals surface area contributed by atoms with Gasteiger partial charge in [-0.2, -0.15) is 18.3 Å². The van der Waals surface area contributed by atoms with Gasteiger partial charge in [0.05, 0.1) is 18.0 Å². The number of ether oxygens (including phenoxy) is 1. The first-order chi connectivity index (χ1) is 18.6. The summed E-state index contributed by atoms with van der Waals surface area (Å²) in [6.07, 6.45) is -1.69. The first-order valence-electron chi connectivity index (χ1n) is 12.3. The van der Waals surface area contributed by atoms with Gasteiger partial charge in [0.25, 0.3) is 5.69 Å². The summed E-state index contributed by atoms with van der Waals surface area (Å²) in [5.41, 5.74) is 3.91. The van der Waals surface area contributed by atoms with Gasteiger partial charge in [0, 0.05) is 18.1 Å². The molecule has 3 heterocycles. The maximum Gasteiger partial charge on any atom is 0.435 e. The van der Waals surface area contributed by atoms with E-state index in [0.29, 0.717) is 28.4 Å². The molecule has 2 aromatic carbocycles. The Morgan fingerprint density at radius 1 is 1.03 bits per heavy atom. The van der Waals surface area contributed by atoms with Gasteiger partial charge in [-0.25, -0.2) is 19.5 Å². The first kappa shape index (κ1) is 26.0. The van der Waals surface area contributed by atoms with E-state index in [1.165, 1.54) is 4.68 Å². The summed E-state index contributed by atoms with van der Waals surface area (Å²) < 4.78 is 48.5. The van der Waals surface area contributed by atoms with E-state index in [9.17, 15) is 13.2 Å². The lowest BCUT2D eigenvalue weighted by Gasteiger charge is -2.19. The average molecular weight is 531 g/mol. The van der Waals surface area contributed by atoms with E-state index in [1.54, 1.807) is 48.0 Å². The molecule has 198 valence electrons. The maximum atomic E-state index is 13.1. The zero-order chi connectivity index (χ0) is 27.9. The lowest BCUT2D eigenvalue weighted by Crippen LogP contribution is -2.10. The van der Waals surface area contributed by atoms with Crippen molar-refractivity contribution in [2.45, 2.75) is 45.9 Å². The highest BCUT2D eigenvalue weighted by atomic mass is 19.4. The van der Waals surface area contributed by atoms with Crippen LogP contribution in [0.15, 0.2) is 67.0 Å². The summed E-state index contributed by atoms with van der Waals surface area (Å²) in [7, 11) is 0. The van der Waals surface area contributed by atoms with Crippen LogP contribution < -0.4 is 4.74 Å². The number of aromatic nitrogens is 5. The van der Waals surface area contributed by atoms with E-state index >= 15 is 0 Å². The summed E-state index contributed by atoms with van der Waals surface area (Å²) in [5, 5.41) is 3.71. The van der Waals surface area contributed by atoms with Crippen LogP contribution in [-0.2, 0) is 6.18 Å². The lowest BCUT2D eigenvalue weighted by molar-refractivity contribution is -0.141. The summed E-state index contributed by atoms with van der Waals surface area (Å²) in [4.78, 5) is 13.0. The quantitative estimate of drug-likeness (QED) is 0.211. The third-order valence-corrected chi connectivity index (χ3v) is 6.51. The Kier molecular flexibility index (Phi) is 6.60. The van der Waals surface area contributed by atoms with Gasteiger partial charge < -0.3 is 4.74 Å². The Hall–Kier alpha value is -4.65. The lowest BCUT2D eigenvalue weighted by atomic mass is 9.95. The highest BCUT2D eigenvalue weighted by Crippen LogP contribution is 2.39. The number of alkyl halides is 3. The van der Waals surface area contributed by atoms with Gasteiger partial charge in [-0.05, 0) is 54.7 Å². The third kappa shape index (κ3) is 4.83. The normalized spacial score (nSPS) is 12.6. The molecule has 0 spiro atoms. The Morgan fingerprint density at radius 3 is 2.38 bits per heavy atom. The fourth-order valence-electron chi connectivity index (χ4n) is 4.52. The number of hydrogen-bond acceptors (Lipinski definition) is 4. The number of nitrogens with zero attached hydrogens (tertiary/aromatic N) is 6. The molecule has 0 amide bonds. The predicted octanol–water partition coefficient (Wildman–Crippen LogP) is 7.72. The molecule has 0 fully saturated rings. The largest absolute Gasteiger partial charge is 0.457 e. The van der Waals surface area contributed by atoms with Crippen molar-refractivity contribution in [2.24, 2.45) is 0 Å². The van der Waals surface area contributed by atoms with Crippen molar-refractivity contribution in [2.75, 3.05) is 0 Å². The number of hydrogen-bond donors (Lipinski definition) is 0. The number of halogens is 3. The van der Waals surface area contributed by atoms with Crippen LogP contribution in [0.5, 0.6) is 6.01 Å². The zero-order valence-electron chi connectivity index (χ0n) is 21.7. The highest BCUT2D eigenvalue weighted by Gasteiger charge is 2.34. The van der Waals surface area contributed by atoms with Gasteiger partial charge in [-0.3, -0.25) is 4.40 Å². The van der Waals surface area contributed by atoms with Gasteiger partial charge in [0.15, 0.2) is 5.69 Å². The van der Waals surface area contributed by atoms with Crippen LogP contribution in [0.1, 0.15) is 55.3 Å². The molecule has 0 saturated carbocycles. The van der Waals surface area contributed by atoms with Crippen LogP contribution in [0.3, 0.4) is 0 Å². The van der Waals surface area contributed by atoms with E-state index in [2.05, 4.69) is 28.8 Å². The van der Waals surface area contributed by atoms with Crippen LogP contribution >= 0.6 is 0 Å². The smallest absolute Gasteiger partial charge is 0.435 e. The zero-order valence-corrected chi connectivity index (χ0v) is 21.7. The molecule has 5 aromatic rings. The third-order valence-electron chi connectivity index (χ3n) is 6.51. The average Bonchev–Trinajstić information content (AvgIpc) is 3.56. The van der Waals surface area contributed by atoms with Gasteiger partial charge >= 0.3 is 12.2 Å². The van der Waals surface area contributed by atoms with E-state index in [1.807, 2.05) is 31.2 Å². The Bertz CT molecular complexity index is 1690. The molecule has 10 heteroatoms. The minimum absolute atomic E-state index is 0.213. The molecule has 39 heavy (non-hydrogen) atoms. The van der Waals surface area contributed by atoms with Crippen LogP contribution in [0, 0.1) is 13.5 Å². The number of imidazole rings is 1. The number of aryl methyl sites for hydroxylation is 1. The van der Waals surface area contributed by atoms with E-state index in [-0.39, 0.29) is 11.9 Å². The molecule has 1 unspecified atom stereocenters. The number of rotatable bonds is 6.